The quantitative estimate of drug-likeness (QED) is 0.603. The molecule has 0 aliphatic rings. The van der Waals surface area contributed by atoms with Gasteiger partial charge in [-0.2, -0.15) is 0 Å². The van der Waals surface area contributed by atoms with Crippen LogP contribution in [0.15, 0.2) is 54.6 Å². The maximum absolute atomic E-state index is 12.3. The molecule has 1 N–H and O–H groups in total. The van der Waals surface area contributed by atoms with Crippen LogP contribution in [0.4, 0.5) is 0 Å². The van der Waals surface area contributed by atoms with E-state index < -0.39 is 0 Å². The molecular formula is C19H17ClN2O3S. The number of nitrogens with one attached hydrogen (secondary N) is 1. The van der Waals surface area contributed by atoms with E-state index in [1.807, 2.05) is 30.3 Å². The molecule has 26 heavy (non-hydrogen) atoms. The van der Waals surface area contributed by atoms with Gasteiger partial charge in [-0.15, -0.1) is 11.3 Å². The molecule has 0 fully saturated rings. The van der Waals surface area contributed by atoms with Crippen molar-refractivity contribution >= 4 is 28.8 Å². The van der Waals surface area contributed by atoms with Gasteiger partial charge in [0.25, 0.3) is 5.91 Å². The van der Waals surface area contributed by atoms with Gasteiger partial charge in [0.1, 0.15) is 22.2 Å². The molecule has 0 unspecified atom stereocenters. The first-order valence-electron chi connectivity index (χ1n) is 7.92. The largest absolute Gasteiger partial charge is 0.486 e. The summed E-state index contributed by atoms with van der Waals surface area (Å²) in [5.74, 6) is 0.383. The van der Waals surface area contributed by atoms with Crippen LogP contribution in [0, 0.1) is 6.92 Å². The summed E-state index contributed by atoms with van der Waals surface area (Å²) in [6.45, 7) is 2.37. The normalized spacial score (nSPS) is 10.5. The summed E-state index contributed by atoms with van der Waals surface area (Å²) in [6.07, 6.45) is 0. The molecule has 5 nitrogen and oxygen atoms in total. The van der Waals surface area contributed by atoms with Crippen molar-refractivity contribution in [3.8, 4) is 5.75 Å². The third-order valence-corrected chi connectivity index (χ3v) is 4.85. The molecule has 0 saturated heterocycles. The number of carbonyl (C=O) groups is 1. The number of rotatable bonds is 7. The zero-order chi connectivity index (χ0) is 18.4. The standard InChI is InChI=1S/C19H17ClN2O3S/c1-13-18(19(23)22-25-11-14-5-3-2-4-6-14)26-17(21-13)12-24-16-9-7-15(20)8-10-16/h2-10H,11-12H2,1H3,(H,22,23). The second-order valence-corrected chi connectivity index (χ2v) is 6.99. The van der Waals surface area contributed by atoms with E-state index in [9.17, 15) is 4.79 Å². The Bertz CT molecular complexity index is 866. The number of hydroxylamine groups is 1. The summed E-state index contributed by atoms with van der Waals surface area (Å²) in [5.41, 5.74) is 4.08. The number of nitrogens with zero attached hydrogens (tertiary/aromatic N) is 1. The lowest BCUT2D eigenvalue weighted by Crippen LogP contribution is -2.23. The Kier molecular flexibility index (Phi) is 6.22. The van der Waals surface area contributed by atoms with Gasteiger partial charge in [0.2, 0.25) is 0 Å². The van der Waals surface area contributed by atoms with Gasteiger partial charge in [-0.05, 0) is 36.8 Å². The first-order valence-corrected chi connectivity index (χ1v) is 9.12. The van der Waals surface area contributed by atoms with Crippen molar-refractivity contribution in [1.29, 1.82) is 0 Å². The highest BCUT2D eigenvalue weighted by molar-refractivity contribution is 7.13. The molecule has 1 heterocycles. The van der Waals surface area contributed by atoms with Crippen LogP contribution in [-0.4, -0.2) is 10.9 Å². The fourth-order valence-electron chi connectivity index (χ4n) is 2.21. The molecule has 0 aliphatic heterocycles. The van der Waals surface area contributed by atoms with Crippen molar-refractivity contribution in [1.82, 2.24) is 10.5 Å². The number of amides is 1. The number of ether oxygens (including phenoxy) is 1. The highest BCUT2D eigenvalue weighted by Crippen LogP contribution is 2.21. The van der Waals surface area contributed by atoms with Crippen molar-refractivity contribution in [2.24, 2.45) is 0 Å². The highest BCUT2D eigenvalue weighted by atomic mass is 35.5. The van der Waals surface area contributed by atoms with Crippen molar-refractivity contribution in [2.75, 3.05) is 0 Å². The highest BCUT2D eigenvalue weighted by Gasteiger charge is 2.16. The fourth-order valence-corrected chi connectivity index (χ4v) is 3.20. The van der Waals surface area contributed by atoms with Crippen LogP contribution < -0.4 is 10.2 Å². The summed E-state index contributed by atoms with van der Waals surface area (Å²) in [6, 6.07) is 16.7. The van der Waals surface area contributed by atoms with E-state index in [2.05, 4.69) is 10.5 Å². The molecule has 1 aromatic heterocycles. The van der Waals surface area contributed by atoms with Gasteiger partial charge >= 0.3 is 0 Å². The summed E-state index contributed by atoms with van der Waals surface area (Å²) >= 11 is 7.13. The maximum atomic E-state index is 12.3. The number of aromatic nitrogens is 1. The minimum Gasteiger partial charge on any atom is -0.486 e. The average Bonchev–Trinajstić information content (AvgIpc) is 3.03. The number of halogens is 1. The number of hydrogen-bond donors (Lipinski definition) is 1. The minimum atomic E-state index is -0.311. The van der Waals surface area contributed by atoms with E-state index in [4.69, 9.17) is 21.2 Å². The first kappa shape index (κ1) is 18.4. The van der Waals surface area contributed by atoms with Crippen molar-refractivity contribution in [3.05, 3.63) is 80.8 Å². The molecule has 0 atom stereocenters. The lowest BCUT2D eigenvalue weighted by atomic mass is 10.2. The fraction of sp³-hybridized carbons (Fsp3) is 0.158. The summed E-state index contributed by atoms with van der Waals surface area (Å²) in [4.78, 5) is 22.4. The summed E-state index contributed by atoms with van der Waals surface area (Å²) < 4.78 is 5.66. The monoisotopic (exact) mass is 388 g/mol. The Morgan fingerprint density at radius 1 is 1.12 bits per heavy atom. The number of thiazole rings is 1. The predicted molar refractivity (Wildman–Crippen MR) is 101 cm³/mol. The Morgan fingerprint density at radius 3 is 2.58 bits per heavy atom. The molecule has 0 spiro atoms. The molecule has 1 amide bonds. The molecule has 134 valence electrons. The minimum absolute atomic E-state index is 0.283. The van der Waals surface area contributed by atoms with Gasteiger partial charge in [0.15, 0.2) is 0 Å². The summed E-state index contributed by atoms with van der Waals surface area (Å²) in [7, 11) is 0. The van der Waals surface area contributed by atoms with Crippen LogP contribution in [0.3, 0.4) is 0 Å². The van der Waals surface area contributed by atoms with E-state index in [1.54, 1.807) is 31.2 Å². The Balaban J connectivity index is 1.53. The van der Waals surface area contributed by atoms with Gasteiger partial charge in [-0.1, -0.05) is 41.9 Å². The second kappa shape index (κ2) is 8.80. The van der Waals surface area contributed by atoms with Gasteiger partial charge < -0.3 is 4.74 Å². The molecule has 0 aliphatic carbocycles. The number of aryl methyl sites for hydroxylation is 1. The van der Waals surface area contributed by atoms with Crippen LogP contribution in [0.2, 0.25) is 5.02 Å². The van der Waals surface area contributed by atoms with Crippen LogP contribution in [-0.2, 0) is 18.1 Å². The van der Waals surface area contributed by atoms with Crippen LogP contribution in [0.5, 0.6) is 5.75 Å². The zero-order valence-electron chi connectivity index (χ0n) is 14.1. The molecule has 2 aromatic carbocycles. The Morgan fingerprint density at radius 2 is 1.85 bits per heavy atom. The zero-order valence-corrected chi connectivity index (χ0v) is 15.6. The third-order valence-electron chi connectivity index (χ3n) is 3.47. The average molecular weight is 389 g/mol. The Hall–Kier alpha value is -2.41. The molecule has 3 rings (SSSR count). The van der Waals surface area contributed by atoms with E-state index in [0.717, 1.165) is 5.56 Å². The van der Waals surface area contributed by atoms with E-state index in [1.165, 1.54) is 11.3 Å². The smallest absolute Gasteiger partial charge is 0.286 e. The number of carbonyl (C=O) groups excluding carboxylic acids is 1. The predicted octanol–water partition coefficient (Wildman–Crippen LogP) is 4.55. The lowest BCUT2D eigenvalue weighted by Gasteiger charge is -2.05. The number of hydrogen-bond acceptors (Lipinski definition) is 5. The first-order chi connectivity index (χ1) is 12.6. The Labute approximate surface area is 160 Å². The van der Waals surface area contributed by atoms with Gasteiger partial charge in [0.05, 0.1) is 12.3 Å². The second-order valence-electron chi connectivity index (χ2n) is 5.47. The van der Waals surface area contributed by atoms with E-state index in [-0.39, 0.29) is 12.5 Å². The van der Waals surface area contributed by atoms with Crippen LogP contribution in [0.1, 0.15) is 25.9 Å². The topological polar surface area (TPSA) is 60.5 Å². The number of benzene rings is 2. The van der Waals surface area contributed by atoms with Gasteiger partial charge in [-0.25, -0.2) is 10.5 Å². The molecule has 0 saturated carbocycles. The molecule has 0 radical (unpaired) electrons. The van der Waals surface area contributed by atoms with Crippen molar-refractivity contribution < 1.29 is 14.4 Å². The van der Waals surface area contributed by atoms with Crippen molar-refractivity contribution in [3.63, 3.8) is 0 Å². The third kappa shape index (κ3) is 5.05. The maximum Gasteiger partial charge on any atom is 0.286 e. The van der Waals surface area contributed by atoms with Gasteiger partial charge in [-0.3, -0.25) is 9.63 Å². The van der Waals surface area contributed by atoms with Gasteiger partial charge in [0, 0.05) is 5.02 Å². The summed E-state index contributed by atoms with van der Waals surface area (Å²) in [5, 5.41) is 1.36. The molecule has 7 heteroatoms. The van der Waals surface area contributed by atoms with E-state index in [0.29, 0.717) is 33.0 Å². The SMILES string of the molecule is Cc1nc(COc2ccc(Cl)cc2)sc1C(=O)NOCc1ccccc1. The molecule has 0 bridgehead atoms. The van der Waals surface area contributed by atoms with E-state index >= 15 is 0 Å². The van der Waals surface area contributed by atoms with Crippen LogP contribution >= 0.6 is 22.9 Å². The van der Waals surface area contributed by atoms with Crippen LogP contribution in [0.25, 0.3) is 0 Å². The molecule has 3 aromatic rings. The van der Waals surface area contributed by atoms with Crippen molar-refractivity contribution in [2.45, 2.75) is 20.1 Å². The molecular weight excluding hydrogens is 372 g/mol. The lowest BCUT2D eigenvalue weighted by molar-refractivity contribution is 0.0236.